The second-order valence-electron chi connectivity index (χ2n) is 8.13. The van der Waals surface area contributed by atoms with Gasteiger partial charge < -0.3 is 10.8 Å². The first kappa shape index (κ1) is 16.3. The Kier molecular flexibility index (Phi) is 4.83. The largest absolute Gasteiger partial charge is 0.389 e. The average molecular weight is 282 g/mol. The van der Waals surface area contributed by atoms with Crippen molar-refractivity contribution in [3.05, 3.63) is 0 Å². The number of rotatable bonds is 4. The molecule has 4 unspecified atom stereocenters. The summed E-state index contributed by atoms with van der Waals surface area (Å²) < 4.78 is 0. The van der Waals surface area contributed by atoms with Gasteiger partial charge in [0.25, 0.3) is 0 Å². The van der Waals surface area contributed by atoms with Crippen molar-refractivity contribution in [3.8, 4) is 0 Å². The lowest BCUT2D eigenvalue weighted by atomic mass is 9.65. The molecule has 0 aromatic carbocycles. The van der Waals surface area contributed by atoms with Gasteiger partial charge in [0, 0.05) is 19.1 Å². The van der Waals surface area contributed by atoms with E-state index in [1.807, 2.05) is 6.92 Å². The zero-order valence-corrected chi connectivity index (χ0v) is 13.9. The molecule has 2 fully saturated rings. The van der Waals surface area contributed by atoms with E-state index >= 15 is 0 Å². The molecule has 20 heavy (non-hydrogen) atoms. The highest BCUT2D eigenvalue weighted by molar-refractivity contribution is 4.96. The Hall–Kier alpha value is -0.120. The SMILES string of the molecule is CCC(C)(C)C1CCC(CN)C(N2CCC(C)(O)C2)C1. The van der Waals surface area contributed by atoms with E-state index in [2.05, 4.69) is 25.7 Å². The standard InChI is InChI=1S/C17H34N2O/c1-5-16(2,3)14-7-6-13(11-18)15(10-14)19-9-8-17(4,20)12-19/h13-15,20H,5-12,18H2,1-4H3. The van der Waals surface area contributed by atoms with Crippen LogP contribution in [0.4, 0.5) is 0 Å². The molecule has 4 atom stereocenters. The van der Waals surface area contributed by atoms with Crippen LogP contribution in [0.25, 0.3) is 0 Å². The maximum absolute atomic E-state index is 10.3. The highest BCUT2D eigenvalue weighted by Crippen LogP contribution is 2.44. The Labute approximate surface area is 124 Å². The lowest BCUT2D eigenvalue weighted by molar-refractivity contribution is 0.0231. The first-order valence-corrected chi connectivity index (χ1v) is 8.45. The van der Waals surface area contributed by atoms with E-state index in [0.29, 0.717) is 17.4 Å². The smallest absolute Gasteiger partial charge is 0.0758 e. The topological polar surface area (TPSA) is 49.5 Å². The van der Waals surface area contributed by atoms with Gasteiger partial charge in [-0.2, -0.15) is 0 Å². The van der Waals surface area contributed by atoms with E-state index < -0.39 is 5.60 Å². The molecular formula is C17H34N2O. The third kappa shape index (κ3) is 3.37. The van der Waals surface area contributed by atoms with Crippen molar-refractivity contribution in [1.29, 1.82) is 0 Å². The average Bonchev–Trinajstić information content (AvgIpc) is 2.78. The van der Waals surface area contributed by atoms with Gasteiger partial charge in [0.15, 0.2) is 0 Å². The predicted octanol–water partition coefficient (Wildman–Crippen LogP) is 2.62. The lowest BCUT2D eigenvalue weighted by Gasteiger charge is -2.46. The van der Waals surface area contributed by atoms with E-state index in [0.717, 1.165) is 32.0 Å². The van der Waals surface area contributed by atoms with Crippen molar-refractivity contribution in [2.24, 2.45) is 23.0 Å². The zero-order valence-electron chi connectivity index (χ0n) is 13.9. The first-order valence-electron chi connectivity index (χ1n) is 8.45. The molecule has 3 nitrogen and oxygen atoms in total. The molecule has 0 spiro atoms. The molecule has 0 aromatic rings. The molecule has 1 aliphatic heterocycles. The summed E-state index contributed by atoms with van der Waals surface area (Å²) in [5.41, 5.74) is 5.96. The van der Waals surface area contributed by atoms with Crippen molar-refractivity contribution in [2.75, 3.05) is 19.6 Å². The Bertz CT molecular complexity index is 327. The van der Waals surface area contributed by atoms with Crippen LogP contribution in [-0.2, 0) is 0 Å². The molecule has 3 heteroatoms. The summed E-state index contributed by atoms with van der Waals surface area (Å²) in [6.07, 6.45) is 5.99. The van der Waals surface area contributed by atoms with Crippen LogP contribution in [0.1, 0.15) is 59.8 Å². The van der Waals surface area contributed by atoms with E-state index in [4.69, 9.17) is 5.73 Å². The molecule has 1 saturated carbocycles. The quantitative estimate of drug-likeness (QED) is 0.833. The Morgan fingerprint density at radius 2 is 2.05 bits per heavy atom. The summed E-state index contributed by atoms with van der Waals surface area (Å²) in [6.45, 7) is 11.8. The van der Waals surface area contributed by atoms with Crippen molar-refractivity contribution >= 4 is 0 Å². The third-order valence-electron chi connectivity index (χ3n) is 6.23. The molecule has 1 aliphatic carbocycles. The Balaban J connectivity index is 2.07. The van der Waals surface area contributed by atoms with Gasteiger partial charge in [0.1, 0.15) is 0 Å². The summed E-state index contributed by atoms with van der Waals surface area (Å²) in [7, 11) is 0. The highest BCUT2D eigenvalue weighted by atomic mass is 16.3. The minimum Gasteiger partial charge on any atom is -0.389 e. The fourth-order valence-corrected chi connectivity index (χ4v) is 4.19. The van der Waals surface area contributed by atoms with Crippen molar-refractivity contribution in [2.45, 2.75) is 71.4 Å². The summed E-state index contributed by atoms with van der Waals surface area (Å²) in [5.74, 6) is 1.42. The van der Waals surface area contributed by atoms with Gasteiger partial charge in [-0.25, -0.2) is 0 Å². The summed E-state index contributed by atoms with van der Waals surface area (Å²) >= 11 is 0. The van der Waals surface area contributed by atoms with Crippen LogP contribution in [0, 0.1) is 17.3 Å². The van der Waals surface area contributed by atoms with Crippen LogP contribution >= 0.6 is 0 Å². The van der Waals surface area contributed by atoms with Crippen LogP contribution in [0.5, 0.6) is 0 Å². The van der Waals surface area contributed by atoms with Crippen LogP contribution in [0.2, 0.25) is 0 Å². The van der Waals surface area contributed by atoms with Gasteiger partial charge >= 0.3 is 0 Å². The first-order chi connectivity index (χ1) is 9.29. The van der Waals surface area contributed by atoms with E-state index in [1.165, 1.54) is 25.7 Å². The zero-order chi connectivity index (χ0) is 15.0. The summed E-state index contributed by atoms with van der Waals surface area (Å²) in [6, 6.07) is 0.582. The van der Waals surface area contributed by atoms with Crippen molar-refractivity contribution in [3.63, 3.8) is 0 Å². The molecule has 118 valence electrons. The molecule has 2 aliphatic rings. The Morgan fingerprint density at radius 1 is 1.35 bits per heavy atom. The summed E-state index contributed by atoms with van der Waals surface area (Å²) in [5, 5.41) is 10.3. The molecule has 2 rings (SSSR count). The third-order valence-corrected chi connectivity index (χ3v) is 6.23. The number of hydrogen-bond donors (Lipinski definition) is 2. The van der Waals surface area contributed by atoms with Gasteiger partial charge in [-0.1, -0.05) is 27.2 Å². The van der Waals surface area contributed by atoms with Crippen LogP contribution in [-0.4, -0.2) is 41.3 Å². The van der Waals surface area contributed by atoms with Gasteiger partial charge in [0.05, 0.1) is 5.60 Å². The molecule has 3 N–H and O–H groups in total. The van der Waals surface area contributed by atoms with Crippen molar-refractivity contribution in [1.82, 2.24) is 4.90 Å². The van der Waals surface area contributed by atoms with Gasteiger partial charge in [-0.05, 0) is 56.4 Å². The monoisotopic (exact) mass is 282 g/mol. The second kappa shape index (κ2) is 5.94. The molecular weight excluding hydrogens is 248 g/mol. The number of hydrogen-bond acceptors (Lipinski definition) is 3. The molecule has 0 bridgehead atoms. The lowest BCUT2D eigenvalue weighted by Crippen LogP contribution is -2.49. The van der Waals surface area contributed by atoms with E-state index in [1.54, 1.807) is 0 Å². The van der Waals surface area contributed by atoms with Crippen LogP contribution in [0.3, 0.4) is 0 Å². The number of aliphatic hydroxyl groups is 1. The molecule has 0 aromatic heterocycles. The molecule has 0 amide bonds. The second-order valence-corrected chi connectivity index (χ2v) is 8.13. The van der Waals surface area contributed by atoms with Crippen LogP contribution < -0.4 is 5.73 Å². The van der Waals surface area contributed by atoms with Crippen LogP contribution in [0.15, 0.2) is 0 Å². The maximum Gasteiger partial charge on any atom is 0.0758 e. The number of nitrogens with zero attached hydrogens (tertiary/aromatic N) is 1. The molecule has 1 heterocycles. The number of β-amino-alcohol motifs (C(OH)–C–C–N with tert-alkyl or cyclic N) is 1. The van der Waals surface area contributed by atoms with E-state index in [-0.39, 0.29) is 0 Å². The highest BCUT2D eigenvalue weighted by Gasteiger charge is 2.42. The van der Waals surface area contributed by atoms with Crippen molar-refractivity contribution < 1.29 is 5.11 Å². The molecule has 1 saturated heterocycles. The fraction of sp³-hybridized carbons (Fsp3) is 1.00. The van der Waals surface area contributed by atoms with Gasteiger partial charge in [0.2, 0.25) is 0 Å². The van der Waals surface area contributed by atoms with E-state index in [9.17, 15) is 5.11 Å². The normalized spacial score (nSPS) is 40.2. The van der Waals surface area contributed by atoms with Gasteiger partial charge in [-0.3, -0.25) is 4.90 Å². The summed E-state index contributed by atoms with van der Waals surface area (Å²) in [4.78, 5) is 2.52. The maximum atomic E-state index is 10.3. The predicted molar refractivity (Wildman–Crippen MR) is 84.6 cm³/mol. The number of likely N-dealkylation sites (tertiary alicyclic amines) is 1. The molecule has 0 radical (unpaired) electrons. The Morgan fingerprint density at radius 3 is 2.55 bits per heavy atom. The minimum atomic E-state index is -0.494. The minimum absolute atomic E-state index is 0.431. The number of nitrogens with two attached hydrogens (primary N) is 1. The fourth-order valence-electron chi connectivity index (χ4n) is 4.19. The van der Waals surface area contributed by atoms with Gasteiger partial charge in [-0.15, -0.1) is 0 Å².